The van der Waals surface area contributed by atoms with Gasteiger partial charge in [-0.1, -0.05) is 44.2 Å². The highest BCUT2D eigenvalue weighted by molar-refractivity contribution is 5.68. The van der Waals surface area contributed by atoms with Gasteiger partial charge in [-0.2, -0.15) is 0 Å². The first-order valence-corrected chi connectivity index (χ1v) is 19.5. The zero-order chi connectivity index (χ0) is 39.7. The molecular formula is C41H58N4O10. The molecule has 14 heteroatoms. The maximum absolute atomic E-state index is 12.4. The molecule has 3 aliphatic rings. The van der Waals surface area contributed by atoms with Crippen LogP contribution < -0.4 is 10.1 Å². The molecule has 302 valence electrons. The zero-order valence-electron chi connectivity index (χ0n) is 33.3. The maximum Gasteiger partial charge on any atom is 0.303 e. The van der Waals surface area contributed by atoms with Gasteiger partial charge in [0.05, 0.1) is 0 Å². The van der Waals surface area contributed by atoms with Gasteiger partial charge in [-0.15, -0.1) is 5.10 Å². The van der Waals surface area contributed by atoms with E-state index in [0.717, 1.165) is 54.0 Å². The Bertz CT molecular complexity index is 1680. The number of rotatable bonds is 14. The molecule has 1 aromatic carbocycles. The quantitative estimate of drug-likeness (QED) is 0.200. The lowest BCUT2D eigenvalue weighted by atomic mass is 9.73. The van der Waals surface area contributed by atoms with Crippen molar-refractivity contribution < 1.29 is 47.6 Å². The van der Waals surface area contributed by atoms with Crippen molar-refractivity contribution in [3.63, 3.8) is 0 Å². The first-order valence-electron chi connectivity index (χ1n) is 19.5. The van der Waals surface area contributed by atoms with E-state index in [1.807, 2.05) is 13.8 Å². The molecule has 0 radical (unpaired) electrons. The Morgan fingerprint density at radius 2 is 1.65 bits per heavy atom. The second kappa shape index (κ2) is 19.1. The highest BCUT2D eigenvalue weighted by Gasteiger charge is 2.53. The van der Waals surface area contributed by atoms with Crippen LogP contribution in [0.4, 0.5) is 0 Å². The average Bonchev–Trinajstić information content (AvgIpc) is 3.51. The number of esters is 4. The number of aryl methyl sites for hydroxylation is 1. The highest BCUT2D eigenvalue weighted by atomic mass is 16.7. The number of H-pyrrole nitrogens is 1. The molecule has 55 heavy (non-hydrogen) atoms. The van der Waals surface area contributed by atoms with E-state index in [0.29, 0.717) is 11.8 Å². The molecular weight excluding hydrogens is 708 g/mol. The molecule has 3 fully saturated rings. The number of nitrogens with zero attached hydrogens (tertiary/aromatic N) is 2. The first kappa shape index (κ1) is 41.9. The van der Waals surface area contributed by atoms with Gasteiger partial charge in [0.2, 0.25) is 18.3 Å². The van der Waals surface area contributed by atoms with Crippen LogP contribution in [0.5, 0.6) is 5.88 Å². The molecule has 1 aromatic heterocycles. The van der Waals surface area contributed by atoms with Crippen molar-refractivity contribution >= 4 is 30.0 Å². The minimum atomic E-state index is -1.40. The van der Waals surface area contributed by atoms with Crippen LogP contribution in [0.3, 0.4) is 0 Å². The summed E-state index contributed by atoms with van der Waals surface area (Å²) in [4.78, 5) is 51.2. The van der Waals surface area contributed by atoms with Crippen molar-refractivity contribution in [2.45, 2.75) is 124 Å². The highest BCUT2D eigenvalue weighted by Crippen LogP contribution is 2.38. The normalized spacial score (nSPS) is 24.1. The number of aromatic amines is 1. The van der Waals surface area contributed by atoms with E-state index >= 15 is 0 Å². The number of ether oxygens (including phenoxy) is 6. The fourth-order valence-electron chi connectivity index (χ4n) is 8.05. The van der Waals surface area contributed by atoms with Crippen molar-refractivity contribution in [1.29, 1.82) is 0 Å². The Morgan fingerprint density at radius 3 is 2.31 bits per heavy atom. The van der Waals surface area contributed by atoms with Gasteiger partial charge >= 0.3 is 23.9 Å². The molecule has 1 spiro atoms. The molecule has 0 bridgehead atoms. The van der Waals surface area contributed by atoms with E-state index in [1.165, 1.54) is 66.5 Å². The number of carbonyl (C=O) groups is 4. The minimum absolute atomic E-state index is 0.0438. The Balaban J connectivity index is 1.33. The maximum atomic E-state index is 12.4. The number of aromatic nitrogens is 2. The minimum Gasteiger partial charge on any atom is -0.463 e. The van der Waals surface area contributed by atoms with Crippen molar-refractivity contribution in [1.82, 2.24) is 20.4 Å². The van der Waals surface area contributed by atoms with Crippen molar-refractivity contribution in [3.8, 4) is 5.88 Å². The number of benzene rings is 1. The molecule has 2 aromatic rings. The molecule has 3 aliphatic heterocycles. The Hall–Kier alpha value is -4.27. The monoisotopic (exact) mass is 766 g/mol. The largest absolute Gasteiger partial charge is 0.463 e. The van der Waals surface area contributed by atoms with Gasteiger partial charge in [-0.25, -0.2) is 0 Å². The lowest BCUT2D eigenvalue weighted by Gasteiger charge is -2.45. The molecule has 14 nitrogen and oxygen atoms in total. The van der Waals surface area contributed by atoms with Crippen molar-refractivity contribution in [2.75, 3.05) is 39.3 Å². The molecule has 5 rings (SSSR count). The van der Waals surface area contributed by atoms with Crippen molar-refractivity contribution in [2.24, 2.45) is 5.41 Å². The molecule has 4 heterocycles. The SMILES string of the molecule is CC(=O)OC[C@H]1O[C@H](Oc2n[nH]c(C(C)C)c2Cc2ccc(/C=C/CCN3CCCC4(CCNCC4)C3)cc2C)[C@H](OC(C)=O)[C@@H](OC(C)=O)[C@@H]1OC(C)=O. The summed E-state index contributed by atoms with van der Waals surface area (Å²) in [7, 11) is 0. The summed E-state index contributed by atoms with van der Waals surface area (Å²) in [5, 5.41) is 11.1. The Morgan fingerprint density at radius 1 is 0.964 bits per heavy atom. The molecule has 0 aliphatic carbocycles. The third-order valence-corrected chi connectivity index (χ3v) is 10.7. The summed E-state index contributed by atoms with van der Waals surface area (Å²) >= 11 is 0. The van der Waals surface area contributed by atoms with Gasteiger partial charge in [-0.3, -0.25) is 24.3 Å². The molecule has 0 unspecified atom stereocenters. The van der Waals surface area contributed by atoms with Crippen LogP contribution >= 0.6 is 0 Å². The van der Waals surface area contributed by atoms with E-state index in [1.54, 1.807) is 0 Å². The number of likely N-dealkylation sites (tertiary alicyclic amines) is 1. The fourth-order valence-corrected chi connectivity index (χ4v) is 8.05. The first-order chi connectivity index (χ1) is 26.2. The second-order valence-corrected chi connectivity index (χ2v) is 15.4. The number of carbonyl (C=O) groups excluding carboxylic acids is 4. The fraction of sp³-hybridized carbons (Fsp3) is 0.634. The summed E-state index contributed by atoms with van der Waals surface area (Å²) in [6.07, 6.45) is 4.57. The van der Waals surface area contributed by atoms with E-state index in [2.05, 4.69) is 57.7 Å². The molecule has 0 amide bonds. The molecule has 2 N–H and O–H groups in total. The summed E-state index contributed by atoms with van der Waals surface area (Å²) in [5.41, 5.74) is 5.39. The van der Waals surface area contributed by atoms with E-state index in [-0.39, 0.29) is 18.4 Å². The van der Waals surface area contributed by atoms with E-state index in [4.69, 9.17) is 28.4 Å². The molecule has 0 saturated carbocycles. The summed E-state index contributed by atoms with van der Waals surface area (Å²) in [6, 6.07) is 6.39. The standard InChI is InChI=1S/C41H58N4O10/c1-25(2)35-33(22-32-13-12-31(21-26(32)3)11-8-9-19-45-20-10-14-41(24-45)15-17-42-18-16-41)39(44-43-35)55-40-38(53-30(7)49)37(52-29(6)48)36(51-28(5)47)34(54-40)23-50-27(4)46/h8,11-13,21,25,34,36-38,40,42H,9-10,14-20,22-24H2,1-7H3,(H,43,44)/b11-8+/t34-,36-,37+,38-,40-/m1/s1. The predicted octanol–water partition coefficient (Wildman–Crippen LogP) is 4.76. The van der Waals surface area contributed by atoms with Crippen LogP contribution in [0, 0.1) is 12.3 Å². The van der Waals surface area contributed by atoms with Gasteiger partial charge in [0.15, 0.2) is 12.2 Å². The van der Waals surface area contributed by atoms with Crippen LogP contribution in [0.1, 0.15) is 108 Å². The second-order valence-electron chi connectivity index (χ2n) is 15.4. The summed E-state index contributed by atoms with van der Waals surface area (Å²) < 4.78 is 34.5. The van der Waals surface area contributed by atoms with Gasteiger partial charge in [0.1, 0.15) is 12.7 Å². The van der Waals surface area contributed by atoms with Crippen LogP contribution in [0.15, 0.2) is 24.3 Å². The van der Waals surface area contributed by atoms with Gasteiger partial charge < -0.3 is 38.6 Å². The zero-order valence-corrected chi connectivity index (χ0v) is 33.3. The van der Waals surface area contributed by atoms with Gasteiger partial charge in [0.25, 0.3) is 0 Å². The van der Waals surface area contributed by atoms with Crippen LogP contribution in [-0.4, -0.2) is 109 Å². The Labute approximate surface area is 323 Å². The summed E-state index contributed by atoms with van der Waals surface area (Å²) in [5.74, 6) is -2.53. The van der Waals surface area contributed by atoms with E-state index < -0.39 is 54.6 Å². The third-order valence-electron chi connectivity index (χ3n) is 10.7. The number of piperidine rings is 2. The molecule has 3 saturated heterocycles. The van der Waals surface area contributed by atoms with Gasteiger partial charge in [-0.05, 0) is 86.7 Å². The summed E-state index contributed by atoms with van der Waals surface area (Å²) in [6.45, 7) is 16.3. The Kier molecular flexibility index (Phi) is 14.5. The lowest BCUT2D eigenvalue weighted by molar-refractivity contribution is -0.289. The third kappa shape index (κ3) is 11.4. The number of nitrogens with one attached hydrogen (secondary N) is 2. The predicted molar refractivity (Wildman–Crippen MR) is 203 cm³/mol. The van der Waals surface area contributed by atoms with Crippen molar-refractivity contribution in [3.05, 3.63) is 52.2 Å². The number of hydrogen-bond acceptors (Lipinski definition) is 13. The van der Waals surface area contributed by atoms with Crippen LogP contribution in [-0.2, 0) is 49.3 Å². The van der Waals surface area contributed by atoms with E-state index in [9.17, 15) is 19.2 Å². The van der Waals surface area contributed by atoms with Crippen LogP contribution in [0.25, 0.3) is 6.08 Å². The van der Waals surface area contributed by atoms with Crippen LogP contribution in [0.2, 0.25) is 0 Å². The molecule has 5 atom stereocenters. The van der Waals surface area contributed by atoms with Gasteiger partial charge in [0, 0.05) is 58.5 Å². The topological polar surface area (TPSA) is 168 Å². The lowest BCUT2D eigenvalue weighted by Crippen LogP contribution is -2.63. The smallest absolute Gasteiger partial charge is 0.303 e. The number of hydrogen-bond donors (Lipinski definition) is 2. The average molecular weight is 767 g/mol.